The molecule has 0 radical (unpaired) electrons. The Bertz CT molecular complexity index is 573. The van der Waals surface area contributed by atoms with Crippen molar-refractivity contribution in [2.75, 3.05) is 59.0 Å². The molecule has 0 saturated carbocycles. The zero-order chi connectivity index (χ0) is 20.0. The van der Waals surface area contributed by atoms with Gasteiger partial charge in [0, 0.05) is 71.0 Å². The fourth-order valence-corrected chi connectivity index (χ4v) is 4.67. The number of hydrogen-bond donors (Lipinski definition) is 1. The normalized spacial score (nSPS) is 23.4. The van der Waals surface area contributed by atoms with Crippen LogP contribution < -0.4 is 5.32 Å². The van der Waals surface area contributed by atoms with E-state index in [1.165, 1.54) is 6.54 Å². The number of amides is 1. The molecule has 1 N–H and O–H groups in total. The molecule has 0 aromatic rings. The molecule has 6 heteroatoms. The van der Waals surface area contributed by atoms with Gasteiger partial charge in [-0.15, -0.1) is 0 Å². The monoisotopic (exact) mass is 390 g/mol. The molecule has 0 aromatic carbocycles. The number of carbonyl (C=O) groups excluding carboxylic acids is 1. The van der Waals surface area contributed by atoms with Crippen LogP contribution in [0.1, 0.15) is 40.0 Å². The molecule has 28 heavy (non-hydrogen) atoms. The van der Waals surface area contributed by atoms with Crippen molar-refractivity contribution in [2.24, 2.45) is 5.92 Å². The van der Waals surface area contributed by atoms with E-state index >= 15 is 0 Å². The van der Waals surface area contributed by atoms with E-state index in [-0.39, 0.29) is 11.4 Å². The molecule has 1 amide bonds. The van der Waals surface area contributed by atoms with Crippen LogP contribution in [0.25, 0.3) is 0 Å². The van der Waals surface area contributed by atoms with Crippen molar-refractivity contribution in [3.05, 3.63) is 24.0 Å². The highest BCUT2D eigenvalue weighted by molar-refractivity contribution is 5.78. The van der Waals surface area contributed by atoms with Gasteiger partial charge in [-0.05, 0) is 24.8 Å². The van der Waals surface area contributed by atoms with Crippen LogP contribution in [0.3, 0.4) is 0 Å². The van der Waals surface area contributed by atoms with E-state index in [9.17, 15) is 4.79 Å². The summed E-state index contributed by atoms with van der Waals surface area (Å²) in [4.78, 5) is 20.1. The maximum Gasteiger partial charge on any atom is 0.227 e. The largest absolute Gasteiger partial charge is 0.381 e. The molecule has 3 aliphatic rings. The Morgan fingerprint density at radius 1 is 1.25 bits per heavy atom. The highest BCUT2D eigenvalue weighted by Crippen LogP contribution is 2.31. The zero-order valence-corrected chi connectivity index (χ0v) is 18.0. The minimum atomic E-state index is 0.0106. The fourth-order valence-electron chi connectivity index (χ4n) is 4.67. The van der Waals surface area contributed by atoms with Gasteiger partial charge in [0.25, 0.3) is 0 Å². The van der Waals surface area contributed by atoms with E-state index in [0.717, 1.165) is 71.1 Å². The number of hydrogen-bond acceptors (Lipinski definition) is 5. The molecule has 0 spiro atoms. The van der Waals surface area contributed by atoms with Gasteiger partial charge in [-0.3, -0.25) is 14.6 Å². The lowest BCUT2D eigenvalue weighted by Gasteiger charge is -2.51. The van der Waals surface area contributed by atoms with E-state index in [0.29, 0.717) is 12.3 Å². The minimum absolute atomic E-state index is 0.0106. The second-order valence-corrected chi connectivity index (χ2v) is 8.71. The van der Waals surface area contributed by atoms with Crippen molar-refractivity contribution < 1.29 is 9.53 Å². The molecule has 2 fully saturated rings. The molecular weight excluding hydrogens is 352 g/mol. The van der Waals surface area contributed by atoms with Crippen LogP contribution in [0.2, 0.25) is 0 Å². The summed E-state index contributed by atoms with van der Waals surface area (Å²) in [5, 5.41) is 3.39. The quantitative estimate of drug-likeness (QED) is 0.721. The van der Waals surface area contributed by atoms with Gasteiger partial charge in [0.2, 0.25) is 5.91 Å². The summed E-state index contributed by atoms with van der Waals surface area (Å²) in [6, 6.07) is 0. The minimum Gasteiger partial charge on any atom is -0.381 e. The summed E-state index contributed by atoms with van der Waals surface area (Å²) in [6.45, 7) is 15.2. The number of nitrogens with one attached hydrogen (secondary N) is 1. The first kappa shape index (κ1) is 21.3. The SMILES string of the molecule is CCC(=O)N(CC1(N2CCN(CC(C)C)CC2)CCOCC1)C1=CC=CCN1. The number of carbonyl (C=O) groups is 1. The maximum absolute atomic E-state index is 12.8. The number of allylic oxidation sites excluding steroid dienone is 2. The van der Waals surface area contributed by atoms with Gasteiger partial charge in [-0.1, -0.05) is 32.9 Å². The van der Waals surface area contributed by atoms with E-state index < -0.39 is 0 Å². The van der Waals surface area contributed by atoms with Crippen LogP contribution in [-0.4, -0.2) is 85.2 Å². The average molecular weight is 391 g/mol. The standard InChI is InChI=1S/C22H38N4O2/c1-4-21(27)26(20-7-5-6-10-23-20)18-22(8-15-28-16-9-22)25-13-11-24(12-14-25)17-19(2)3/h5-7,19,23H,4,8-18H2,1-3H3. The Labute approximate surface area is 170 Å². The summed E-state index contributed by atoms with van der Waals surface area (Å²) < 4.78 is 5.72. The molecule has 6 nitrogen and oxygen atoms in total. The predicted octanol–water partition coefficient (Wildman–Crippen LogP) is 2.05. The second kappa shape index (κ2) is 9.90. The van der Waals surface area contributed by atoms with Crippen LogP contribution in [0, 0.1) is 5.92 Å². The molecule has 0 unspecified atom stereocenters. The first-order valence-corrected chi connectivity index (χ1v) is 11.0. The Morgan fingerprint density at radius 3 is 2.54 bits per heavy atom. The third kappa shape index (κ3) is 5.16. The Kier molecular flexibility index (Phi) is 7.55. The van der Waals surface area contributed by atoms with Crippen LogP contribution in [-0.2, 0) is 9.53 Å². The van der Waals surface area contributed by atoms with Crippen molar-refractivity contribution in [1.29, 1.82) is 0 Å². The molecule has 3 heterocycles. The number of ether oxygens (including phenoxy) is 1. The van der Waals surface area contributed by atoms with Crippen LogP contribution in [0.15, 0.2) is 24.0 Å². The van der Waals surface area contributed by atoms with Gasteiger partial charge in [0.1, 0.15) is 5.82 Å². The highest BCUT2D eigenvalue weighted by atomic mass is 16.5. The molecule has 0 atom stereocenters. The van der Waals surface area contributed by atoms with Crippen LogP contribution >= 0.6 is 0 Å². The van der Waals surface area contributed by atoms with Crippen LogP contribution in [0.5, 0.6) is 0 Å². The van der Waals surface area contributed by atoms with Gasteiger partial charge < -0.3 is 15.0 Å². The first-order valence-electron chi connectivity index (χ1n) is 11.0. The third-order valence-electron chi connectivity index (χ3n) is 6.23. The van der Waals surface area contributed by atoms with Gasteiger partial charge >= 0.3 is 0 Å². The molecule has 2 saturated heterocycles. The van der Waals surface area contributed by atoms with Crippen LogP contribution in [0.4, 0.5) is 0 Å². The van der Waals surface area contributed by atoms with E-state index in [1.54, 1.807) is 0 Å². The smallest absolute Gasteiger partial charge is 0.227 e. The Hall–Kier alpha value is -1.37. The second-order valence-electron chi connectivity index (χ2n) is 8.71. The van der Waals surface area contributed by atoms with Gasteiger partial charge in [-0.25, -0.2) is 0 Å². The van der Waals surface area contributed by atoms with Crippen molar-refractivity contribution in [1.82, 2.24) is 20.0 Å². The van der Waals surface area contributed by atoms with Gasteiger partial charge in [0.05, 0.1) is 0 Å². The summed E-state index contributed by atoms with van der Waals surface area (Å²) in [6.07, 6.45) is 8.67. The number of piperazine rings is 1. The molecule has 0 bridgehead atoms. The van der Waals surface area contributed by atoms with Crippen molar-refractivity contribution in [3.8, 4) is 0 Å². The first-order chi connectivity index (χ1) is 13.5. The number of dihydropyridines is 1. The topological polar surface area (TPSA) is 48.1 Å². The molecule has 3 rings (SSSR count). The van der Waals surface area contributed by atoms with E-state index in [4.69, 9.17) is 4.74 Å². The summed E-state index contributed by atoms with van der Waals surface area (Å²) in [5.41, 5.74) is 0.0106. The summed E-state index contributed by atoms with van der Waals surface area (Å²) in [5.74, 6) is 1.84. The lowest BCUT2D eigenvalue weighted by atomic mass is 9.86. The number of rotatable bonds is 7. The van der Waals surface area contributed by atoms with Crippen molar-refractivity contribution in [2.45, 2.75) is 45.6 Å². The average Bonchev–Trinajstić information content (AvgIpc) is 2.73. The highest BCUT2D eigenvalue weighted by Gasteiger charge is 2.42. The van der Waals surface area contributed by atoms with Gasteiger partial charge in [0.15, 0.2) is 0 Å². The maximum atomic E-state index is 12.8. The van der Waals surface area contributed by atoms with E-state index in [2.05, 4.69) is 35.0 Å². The van der Waals surface area contributed by atoms with Gasteiger partial charge in [-0.2, -0.15) is 0 Å². The fraction of sp³-hybridized carbons (Fsp3) is 0.773. The number of nitrogens with zero attached hydrogens (tertiary/aromatic N) is 3. The molecule has 0 aromatic heterocycles. The molecule has 0 aliphatic carbocycles. The molecule has 3 aliphatic heterocycles. The third-order valence-corrected chi connectivity index (χ3v) is 6.23. The lowest BCUT2D eigenvalue weighted by Crippen LogP contribution is -2.64. The van der Waals surface area contributed by atoms with Crippen molar-refractivity contribution >= 4 is 5.91 Å². The molecular formula is C22H38N4O2. The predicted molar refractivity (Wildman–Crippen MR) is 113 cm³/mol. The summed E-state index contributed by atoms with van der Waals surface area (Å²) in [7, 11) is 0. The Balaban J connectivity index is 1.75. The lowest BCUT2D eigenvalue weighted by molar-refractivity contribution is -0.133. The molecule has 158 valence electrons. The van der Waals surface area contributed by atoms with Crippen molar-refractivity contribution in [3.63, 3.8) is 0 Å². The summed E-state index contributed by atoms with van der Waals surface area (Å²) >= 11 is 0. The zero-order valence-electron chi connectivity index (χ0n) is 18.0. The van der Waals surface area contributed by atoms with E-state index in [1.807, 2.05) is 24.0 Å². The Morgan fingerprint density at radius 2 is 1.96 bits per heavy atom.